The lowest BCUT2D eigenvalue weighted by Gasteiger charge is -1.94. The summed E-state index contributed by atoms with van der Waals surface area (Å²) in [5.74, 6) is 0. The van der Waals surface area contributed by atoms with Crippen LogP contribution < -0.4 is 11.3 Å². The van der Waals surface area contributed by atoms with Crippen molar-refractivity contribution in [3.05, 3.63) is 45.9 Å². The average molecular weight is 286 g/mol. The molecule has 0 bridgehead atoms. The number of hydrogen-bond donors (Lipinski definition) is 2. The molecule has 0 saturated carbocycles. The summed E-state index contributed by atoms with van der Waals surface area (Å²) in [5.41, 5.74) is 6.27. The molecule has 0 aliphatic carbocycles. The highest BCUT2D eigenvalue weighted by molar-refractivity contribution is 7.80. The molecule has 100 valence electrons. The predicted octanol–water partition coefficient (Wildman–Crippen LogP) is 1.86. The number of nitrogens with one attached hydrogen (secondary N) is 1. The number of nitrogens with zero attached hydrogens (tertiary/aromatic N) is 4. The quantitative estimate of drug-likeness (QED) is 0.648. The normalized spacial score (nSPS) is 10.6. The van der Waals surface area contributed by atoms with Crippen LogP contribution in [0, 0.1) is 18.3 Å². The van der Waals surface area contributed by atoms with Crippen LogP contribution in [0.15, 0.2) is 39.3 Å². The first-order chi connectivity index (χ1) is 9.54. The van der Waals surface area contributed by atoms with E-state index in [2.05, 4.69) is 15.3 Å². The van der Waals surface area contributed by atoms with Crippen molar-refractivity contribution in [1.82, 2.24) is 9.78 Å². The van der Waals surface area contributed by atoms with Gasteiger partial charge >= 0.3 is 5.56 Å². The second-order valence-electron chi connectivity index (χ2n) is 3.89. The van der Waals surface area contributed by atoms with Crippen LogP contribution >= 0.6 is 12.2 Å². The van der Waals surface area contributed by atoms with Gasteiger partial charge in [0.2, 0.25) is 0 Å². The molecule has 0 fully saturated rings. The van der Waals surface area contributed by atoms with Crippen LogP contribution in [-0.4, -0.2) is 14.9 Å². The van der Waals surface area contributed by atoms with Crippen LogP contribution in [0.2, 0.25) is 0 Å². The molecular formula is C12H10N6OS. The Labute approximate surface area is 119 Å². The van der Waals surface area contributed by atoms with Gasteiger partial charge in [0.05, 0.1) is 11.3 Å². The van der Waals surface area contributed by atoms with Gasteiger partial charge in [0, 0.05) is 0 Å². The molecule has 1 heterocycles. The monoisotopic (exact) mass is 286 g/mol. The van der Waals surface area contributed by atoms with Gasteiger partial charge in [-0.05, 0) is 31.3 Å². The molecule has 1 aromatic carbocycles. The number of H-pyrrole nitrogens is 1. The summed E-state index contributed by atoms with van der Waals surface area (Å²) in [4.78, 5) is 12.0. The number of benzene rings is 1. The van der Waals surface area contributed by atoms with Crippen molar-refractivity contribution in [2.45, 2.75) is 6.92 Å². The number of hydrogen-bond acceptors (Lipinski definition) is 5. The van der Waals surface area contributed by atoms with Gasteiger partial charge in [-0.3, -0.25) is 9.89 Å². The highest BCUT2D eigenvalue weighted by atomic mass is 32.1. The summed E-state index contributed by atoms with van der Waals surface area (Å²) in [5, 5.41) is 19.3. The third-order valence-corrected chi connectivity index (χ3v) is 2.73. The Kier molecular flexibility index (Phi) is 3.72. The molecule has 1 aromatic heterocycles. The number of aromatic nitrogens is 2. The Morgan fingerprint density at radius 3 is 2.75 bits per heavy atom. The van der Waals surface area contributed by atoms with Gasteiger partial charge in [0.1, 0.15) is 11.8 Å². The molecule has 8 heteroatoms. The molecular weight excluding hydrogens is 276 g/mol. The zero-order valence-corrected chi connectivity index (χ0v) is 11.3. The third-order valence-electron chi connectivity index (χ3n) is 2.54. The summed E-state index contributed by atoms with van der Waals surface area (Å²) < 4.78 is 1.01. The van der Waals surface area contributed by atoms with Crippen molar-refractivity contribution < 1.29 is 0 Å². The molecule has 2 aromatic rings. The van der Waals surface area contributed by atoms with Crippen LogP contribution in [-0.2, 0) is 0 Å². The van der Waals surface area contributed by atoms with Gasteiger partial charge in [-0.15, -0.1) is 10.2 Å². The van der Waals surface area contributed by atoms with Crippen molar-refractivity contribution >= 4 is 28.7 Å². The molecule has 7 nitrogen and oxygen atoms in total. The highest BCUT2D eigenvalue weighted by Crippen LogP contribution is 2.21. The number of thiocarbonyl (C=S) groups is 1. The standard InChI is InChI=1S/C12H10N6OS/c1-7-10(11(19)18(17-7)12(14)20)16-15-9-5-3-2-4-8(9)6-13/h2-5,17H,1H3,(H2,14,20). The Bertz CT molecular complexity index is 795. The van der Waals surface area contributed by atoms with E-state index < -0.39 is 5.56 Å². The summed E-state index contributed by atoms with van der Waals surface area (Å²) in [6, 6.07) is 8.70. The molecule has 20 heavy (non-hydrogen) atoms. The molecule has 0 unspecified atom stereocenters. The van der Waals surface area contributed by atoms with E-state index >= 15 is 0 Å². The van der Waals surface area contributed by atoms with E-state index in [0.717, 1.165) is 4.68 Å². The fourth-order valence-electron chi connectivity index (χ4n) is 1.57. The lowest BCUT2D eigenvalue weighted by Crippen LogP contribution is -2.29. The molecule has 0 saturated heterocycles. The Hall–Kier alpha value is -2.79. The maximum Gasteiger partial charge on any atom is 0.301 e. The lowest BCUT2D eigenvalue weighted by molar-refractivity contribution is 0.889. The number of aryl methyl sites for hydroxylation is 1. The summed E-state index contributed by atoms with van der Waals surface area (Å²) >= 11 is 4.73. The molecule has 2 rings (SSSR count). The fraction of sp³-hybridized carbons (Fsp3) is 0.0833. The fourth-order valence-corrected chi connectivity index (χ4v) is 1.70. The summed E-state index contributed by atoms with van der Waals surface area (Å²) in [6.07, 6.45) is 0. The predicted molar refractivity (Wildman–Crippen MR) is 77.3 cm³/mol. The minimum absolute atomic E-state index is 0.100. The first-order valence-corrected chi connectivity index (χ1v) is 5.97. The molecule has 0 spiro atoms. The van der Waals surface area contributed by atoms with E-state index in [1.807, 2.05) is 6.07 Å². The molecule has 0 amide bonds. The Balaban J connectivity index is 2.45. The van der Waals surface area contributed by atoms with Gasteiger partial charge < -0.3 is 5.73 Å². The highest BCUT2D eigenvalue weighted by Gasteiger charge is 2.12. The van der Waals surface area contributed by atoms with Gasteiger partial charge in [-0.2, -0.15) is 9.94 Å². The van der Waals surface area contributed by atoms with Gasteiger partial charge in [0.25, 0.3) is 0 Å². The second-order valence-corrected chi connectivity index (χ2v) is 4.31. The van der Waals surface area contributed by atoms with E-state index in [-0.39, 0.29) is 10.8 Å². The molecule has 3 N–H and O–H groups in total. The number of aromatic amines is 1. The summed E-state index contributed by atoms with van der Waals surface area (Å²) in [7, 11) is 0. The molecule has 0 atom stereocenters. The number of nitriles is 1. The average Bonchev–Trinajstić information content (AvgIpc) is 2.72. The summed E-state index contributed by atoms with van der Waals surface area (Å²) in [6.45, 7) is 1.65. The van der Waals surface area contributed by atoms with E-state index in [0.29, 0.717) is 16.9 Å². The number of azo groups is 1. The number of rotatable bonds is 2. The number of nitrogens with two attached hydrogens (primary N) is 1. The van der Waals surface area contributed by atoms with Crippen molar-refractivity contribution in [1.29, 1.82) is 5.26 Å². The van der Waals surface area contributed by atoms with E-state index in [9.17, 15) is 4.79 Å². The zero-order chi connectivity index (χ0) is 14.7. The first-order valence-electron chi connectivity index (χ1n) is 5.57. The zero-order valence-electron chi connectivity index (χ0n) is 10.5. The third kappa shape index (κ3) is 2.48. The maximum absolute atomic E-state index is 12.0. The maximum atomic E-state index is 12.0. The van der Waals surface area contributed by atoms with Gasteiger partial charge in [-0.1, -0.05) is 12.1 Å². The Morgan fingerprint density at radius 1 is 1.45 bits per heavy atom. The van der Waals surface area contributed by atoms with Gasteiger partial charge in [0.15, 0.2) is 10.8 Å². The topological polar surface area (TPSA) is 112 Å². The molecule has 0 radical (unpaired) electrons. The van der Waals surface area contributed by atoms with Crippen molar-refractivity contribution in [3.8, 4) is 6.07 Å². The molecule has 0 aliphatic heterocycles. The van der Waals surface area contributed by atoms with Crippen LogP contribution in [0.3, 0.4) is 0 Å². The first kappa shape index (κ1) is 13.6. The van der Waals surface area contributed by atoms with E-state index in [1.165, 1.54) is 0 Å². The van der Waals surface area contributed by atoms with Crippen LogP contribution in [0.1, 0.15) is 11.3 Å². The van der Waals surface area contributed by atoms with Gasteiger partial charge in [-0.25, -0.2) is 0 Å². The van der Waals surface area contributed by atoms with Crippen molar-refractivity contribution in [2.24, 2.45) is 16.0 Å². The van der Waals surface area contributed by atoms with Crippen molar-refractivity contribution in [3.63, 3.8) is 0 Å². The smallest absolute Gasteiger partial charge is 0.301 e. The molecule has 0 aliphatic rings. The largest absolute Gasteiger partial charge is 0.374 e. The SMILES string of the molecule is Cc1[nH]n(C(N)=S)c(=O)c1N=Nc1ccccc1C#N. The van der Waals surface area contributed by atoms with Crippen molar-refractivity contribution in [2.75, 3.05) is 0 Å². The Morgan fingerprint density at radius 2 is 2.15 bits per heavy atom. The minimum Gasteiger partial charge on any atom is -0.374 e. The van der Waals surface area contributed by atoms with Crippen LogP contribution in [0.4, 0.5) is 11.4 Å². The lowest BCUT2D eigenvalue weighted by atomic mass is 10.2. The van der Waals surface area contributed by atoms with E-state index in [1.54, 1.807) is 31.2 Å². The van der Waals surface area contributed by atoms with Crippen LogP contribution in [0.25, 0.3) is 0 Å². The van der Waals surface area contributed by atoms with Crippen LogP contribution in [0.5, 0.6) is 0 Å². The second kappa shape index (κ2) is 5.46. The minimum atomic E-state index is -0.479. The van der Waals surface area contributed by atoms with E-state index in [4.69, 9.17) is 23.2 Å².